The van der Waals surface area contributed by atoms with Gasteiger partial charge in [0.05, 0.1) is 12.6 Å². The number of amides is 2. The summed E-state index contributed by atoms with van der Waals surface area (Å²) in [5, 5.41) is 13.6. The van der Waals surface area contributed by atoms with Gasteiger partial charge < -0.3 is 20.5 Å². The number of rotatable bonds is 3. The molecule has 2 amide bonds. The SMILES string of the molecule is O=C1CCC(NC(=O)OCCO)CN1. The number of ether oxygens (including phenoxy) is 1. The molecule has 0 aromatic heterocycles. The molecule has 1 rings (SSSR count). The smallest absolute Gasteiger partial charge is 0.407 e. The van der Waals surface area contributed by atoms with E-state index in [1.54, 1.807) is 0 Å². The van der Waals surface area contributed by atoms with Crippen molar-refractivity contribution in [3.8, 4) is 0 Å². The first-order valence-corrected chi connectivity index (χ1v) is 4.53. The fourth-order valence-corrected chi connectivity index (χ4v) is 1.20. The van der Waals surface area contributed by atoms with Gasteiger partial charge in [-0.3, -0.25) is 4.79 Å². The number of carbonyl (C=O) groups is 2. The van der Waals surface area contributed by atoms with Crippen LogP contribution in [-0.4, -0.2) is 42.9 Å². The van der Waals surface area contributed by atoms with Crippen LogP contribution >= 0.6 is 0 Å². The first-order valence-electron chi connectivity index (χ1n) is 4.53. The summed E-state index contributed by atoms with van der Waals surface area (Å²) in [6.45, 7) is 0.243. The number of hydrogen-bond acceptors (Lipinski definition) is 4. The zero-order valence-electron chi connectivity index (χ0n) is 7.78. The van der Waals surface area contributed by atoms with Crippen LogP contribution in [0, 0.1) is 0 Å². The highest BCUT2D eigenvalue weighted by Gasteiger charge is 2.19. The standard InChI is InChI=1S/C8H14N2O4/c11-3-4-14-8(13)10-6-1-2-7(12)9-5-6/h6,11H,1-5H2,(H,9,12)(H,10,13). The van der Waals surface area contributed by atoms with Crippen LogP contribution in [0.4, 0.5) is 4.79 Å². The van der Waals surface area contributed by atoms with E-state index in [1.165, 1.54) is 0 Å². The maximum absolute atomic E-state index is 11.0. The molecule has 0 aromatic rings. The zero-order chi connectivity index (χ0) is 10.4. The lowest BCUT2D eigenvalue weighted by Crippen LogP contribution is -2.48. The van der Waals surface area contributed by atoms with Crippen LogP contribution in [0.15, 0.2) is 0 Å². The second-order valence-electron chi connectivity index (χ2n) is 3.04. The van der Waals surface area contributed by atoms with Crippen molar-refractivity contribution in [3.05, 3.63) is 0 Å². The van der Waals surface area contributed by atoms with Crippen LogP contribution in [0.1, 0.15) is 12.8 Å². The van der Waals surface area contributed by atoms with E-state index < -0.39 is 6.09 Å². The van der Waals surface area contributed by atoms with Crippen molar-refractivity contribution in [2.45, 2.75) is 18.9 Å². The first kappa shape index (κ1) is 10.8. The van der Waals surface area contributed by atoms with Gasteiger partial charge in [0.1, 0.15) is 6.61 Å². The van der Waals surface area contributed by atoms with E-state index in [2.05, 4.69) is 15.4 Å². The predicted octanol–water partition coefficient (Wildman–Crippen LogP) is -1.02. The number of alkyl carbamates (subject to hydrolysis) is 1. The Morgan fingerprint density at radius 2 is 2.50 bits per heavy atom. The molecule has 1 fully saturated rings. The summed E-state index contributed by atoms with van der Waals surface area (Å²) in [6, 6.07) is -0.0705. The van der Waals surface area contributed by atoms with Crippen LogP contribution in [0.5, 0.6) is 0 Å². The number of carbonyl (C=O) groups excluding carboxylic acids is 2. The van der Waals surface area contributed by atoms with Crippen molar-refractivity contribution in [3.63, 3.8) is 0 Å². The summed E-state index contributed by atoms with van der Waals surface area (Å²) in [5.74, 6) is 0.00627. The van der Waals surface area contributed by atoms with Gasteiger partial charge in [-0.05, 0) is 6.42 Å². The summed E-state index contributed by atoms with van der Waals surface area (Å²) in [7, 11) is 0. The van der Waals surface area contributed by atoms with Gasteiger partial charge in [0.25, 0.3) is 0 Å². The topological polar surface area (TPSA) is 87.7 Å². The van der Waals surface area contributed by atoms with Crippen LogP contribution in [0.25, 0.3) is 0 Å². The molecule has 14 heavy (non-hydrogen) atoms. The molecular formula is C8H14N2O4. The molecule has 1 aliphatic heterocycles. The average molecular weight is 202 g/mol. The second kappa shape index (κ2) is 5.43. The summed E-state index contributed by atoms with van der Waals surface area (Å²) in [4.78, 5) is 21.8. The summed E-state index contributed by atoms with van der Waals surface area (Å²) in [6.07, 6.45) is 0.491. The van der Waals surface area contributed by atoms with Gasteiger partial charge in [0.15, 0.2) is 0 Å². The third-order valence-electron chi connectivity index (χ3n) is 1.91. The highest BCUT2D eigenvalue weighted by atomic mass is 16.6. The summed E-state index contributed by atoms with van der Waals surface area (Å²) >= 11 is 0. The molecule has 0 radical (unpaired) electrons. The quantitative estimate of drug-likeness (QED) is 0.547. The molecule has 0 saturated carbocycles. The van der Waals surface area contributed by atoms with E-state index >= 15 is 0 Å². The Kier molecular flexibility index (Phi) is 4.18. The number of nitrogens with one attached hydrogen (secondary N) is 2. The molecule has 3 N–H and O–H groups in total. The zero-order valence-corrected chi connectivity index (χ0v) is 7.78. The van der Waals surface area contributed by atoms with Crippen molar-refractivity contribution in [1.29, 1.82) is 0 Å². The number of hydrogen-bond donors (Lipinski definition) is 3. The molecule has 1 saturated heterocycles. The van der Waals surface area contributed by atoms with Gasteiger partial charge in [0, 0.05) is 13.0 Å². The molecular weight excluding hydrogens is 188 g/mol. The second-order valence-corrected chi connectivity index (χ2v) is 3.04. The molecule has 1 atom stereocenters. The summed E-state index contributed by atoms with van der Waals surface area (Å²) < 4.78 is 4.61. The highest BCUT2D eigenvalue weighted by molar-refractivity contribution is 5.77. The van der Waals surface area contributed by atoms with Gasteiger partial charge in [-0.1, -0.05) is 0 Å². The molecule has 6 nitrogen and oxygen atoms in total. The Balaban J connectivity index is 2.17. The number of aliphatic hydroxyl groups excluding tert-OH is 1. The van der Waals surface area contributed by atoms with Crippen LogP contribution in [0.3, 0.4) is 0 Å². The fourth-order valence-electron chi connectivity index (χ4n) is 1.20. The molecule has 6 heteroatoms. The Bertz CT molecular complexity index is 209. The lowest BCUT2D eigenvalue weighted by molar-refractivity contribution is -0.122. The van der Waals surface area contributed by atoms with Crippen molar-refractivity contribution >= 4 is 12.0 Å². The molecule has 0 aliphatic carbocycles. The Labute approximate surface area is 81.6 Å². The van der Waals surface area contributed by atoms with Gasteiger partial charge in [-0.25, -0.2) is 4.79 Å². The molecule has 80 valence electrons. The largest absolute Gasteiger partial charge is 0.447 e. The number of piperidine rings is 1. The van der Waals surface area contributed by atoms with Crippen molar-refractivity contribution in [1.82, 2.24) is 10.6 Å². The minimum Gasteiger partial charge on any atom is -0.447 e. The fraction of sp³-hybridized carbons (Fsp3) is 0.750. The van der Waals surface area contributed by atoms with Gasteiger partial charge >= 0.3 is 6.09 Å². The average Bonchev–Trinajstić information content (AvgIpc) is 2.18. The minimum absolute atomic E-state index is 0.00627. The normalized spacial score (nSPS) is 21.2. The molecule has 0 bridgehead atoms. The first-order chi connectivity index (χ1) is 6.72. The van der Waals surface area contributed by atoms with E-state index in [1.807, 2.05) is 0 Å². The minimum atomic E-state index is -0.555. The van der Waals surface area contributed by atoms with E-state index in [4.69, 9.17) is 5.11 Å². The third kappa shape index (κ3) is 3.61. The molecule has 0 spiro atoms. The molecule has 1 unspecified atom stereocenters. The van der Waals surface area contributed by atoms with Gasteiger partial charge in [-0.2, -0.15) is 0 Å². The molecule has 1 aliphatic rings. The lowest BCUT2D eigenvalue weighted by atomic mass is 10.1. The van der Waals surface area contributed by atoms with Crippen LogP contribution in [0.2, 0.25) is 0 Å². The van der Waals surface area contributed by atoms with Crippen molar-refractivity contribution in [2.24, 2.45) is 0 Å². The van der Waals surface area contributed by atoms with E-state index in [-0.39, 0.29) is 25.2 Å². The maximum Gasteiger partial charge on any atom is 0.407 e. The maximum atomic E-state index is 11.0. The van der Waals surface area contributed by atoms with E-state index in [0.29, 0.717) is 19.4 Å². The van der Waals surface area contributed by atoms with Crippen LogP contribution < -0.4 is 10.6 Å². The third-order valence-corrected chi connectivity index (χ3v) is 1.91. The Hall–Kier alpha value is -1.30. The Morgan fingerprint density at radius 3 is 3.07 bits per heavy atom. The number of aliphatic hydroxyl groups is 1. The van der Waals surface area contributed by atoms with Crippen LogP contribution in [-0.2, 0) is 9.53 Å². The van der Waals surface area contributed by atoms with Gasteiger partial charge in [-0.15, -0.1) is 0 Å². The van der Waals surface area contributed by atoms with Crippen molar-refractivity contribution in [2.75, 3.05) is 19.8 Å². The van der Waals surface area contributed by atoms with Crippen molar-refractivity contribution < 1.29 is 19.4 Å². The predicted molar refractivity (Wildman–Crippen MR) is 47.6 cm³/mol. The monoisotopic (exact) mass is 202 g/mol. The van der Waals surface area contributed by atoms with E-state index in [9.17, 15) is 9.59 Å². The van der Waals surface area contributed by atoms with E-state index in [0.717, 1.165) is 0 Å². The van der Waals surface area contributed by atoms with Gasteiger partial charge in [0.2, 0.25) is 5.91 Å². The molecule has 0 aromatic carbocycles. The molecule has 1 heterocycles. The highest BCUT2D eigenvalue weighted by Crippen LogP contribution is 2.02. The summed E-state index contributed by atoms with van der Waals surface area (Å²) in [5.41, 5.74) is 0. The Morgan fingerprint density at radius 1 is 1.71 bits per heavy atom. The lowest BCUT2D eigenvalue weighted by Gasteiger charge is -2.22.